The zero-order valence-electron chi connectivity index (χ0n) is 13.9. The van der Waals surface area contributed by atoms with Crippen LogP contribution in [0.5, 0.6) is 0 Å². The SMILES string of the molecule is CCc1ccc(NC(=O)N2CCC(O)(C(F)(F)F)CC2)cc1CC. The number of aryl methyl sites for hydroxylation is 2. The van der Waals surface area contributed by atoms with Gasteiger partial charge in [-0.05, 0) is 36.1 Å². The summed E-state index contributed by atoms with van der Waals surface area (Å²) in [4.78, 5) is 13.5. The number of hydrogen-bond acceptors (Lipinski definition) is 2. The van der Waals surface area contributed by atoms with Gasteiger partial charge in [-0.2, -0.15) is 13.2 Å². The minimum absolute atomic E-state index is 0.129. The van der Waals surface area contributed by atoms with Gasteiger partial charge in [-0.1, -0.05) is 19.9 Å². The second-order valence-electron chi connectivity index (χ2n) is 6.14. The maximum atomic E-state index is 12.8. The van der Waals surface area contributed by atoms with E-state index in [0.29, 0.717) is 5.69 Å². The molecule has 7 heteroatoms. The highest BCUT2D eigenvalue weighted by Gasteiger charge is 2.54. The number of amides is 2. The highest BCUT2D eigenvalue weighted by molar-refractivity contribution is 5.89. The van der Waals surface area contributed by atoms with Crippen LogP contribution in [0.15, 0.2) is 18.2 Å². The van der Waals surface area contributed by atoms with Crippen molar-refractivity contribution in [3.8, 4) is 0 Å². The van der Waals surface area contributed by atoms with E-state index in [9.17, 15) is 23.1 Å². The Hall–Kier alpha value is -1.76. The number of carbonyl (C=O) groups is 1. The third-order valence-corrected chi connectivity index (χ3v) is 4.62. The van der Waals surface area contributed by atoms with Crippen LogP contribution >= 0.6 is 0 Å². The molecule has 1 saturated heterocycles. The third kappa shape index (κ3) is 3.83. The standard InChI is InChI=1S/C17H23F3N2O2/c1-3-12-5-6-14(11-13(12)4-2)21-15(23)22-9-7-16(24,8-10-22)17(18,19)20/h5-6,11,24H,3-4,7-10H2,1-2H3,(H,21,23). The lowest BCUT2D eigenvalue weighted by molar-refractivity contribution is -0.271. The topological polar surface area (TPSA) is 52.6 Å². The smallest absolute Gasteiger partial charge is 0.380 e. The van der Waals surface area contributed by atoms with Gasteiger partial charge in [-0.15, -0.1) is 0 Å². The van der Waals surface area contributed by atoms with Gasteiger partial charge in [-0.3, -0.25) is 0 Å². The zero-order valence-corrected chi connectivity index (χ0v) is 13.9. The van der Waals surface area contributed by atoms with Gasteiger partial charge in [0, 0.05) is 31.6 Å². The fraction of sp³-hybridized carbons (Fsp3) is 0.588. The normalized spacial score (nSPS) is 17.7. The second-order valence-corrected chi connectivity index (χ2v) is 6.14. The molecular weight excluding hydrogens is 321 g/mol. The highest BCUT2D eigenvalue weighted by atomic mass is 19.4. The number of halogens is 3. The van der Waals surface area contributed by atoms with Crippen molar-refractivity contribution in [3.63, 3.8) is 0 Å². The van der Waals surface area contributed by atoms with E-state index in [1.807, 2.05) is 19.1 Å². The van der Waals surface area contributed by atoms with Crippen LogP contribution in [0, 0.1) is 0 Å². The van der Waals surface area contributed by atoms with Crippen molar-refractivity contribution in [2.24, 2.45) is 0 Å². The van der Waals surface area contributed by atoms with Gasteiger partial charge in [0.05, 0.1) is 0 Å². The summed E-state index contributed by atoms with van der Waals surface area (Å²) >= 11 is 0. The summed E-state index contributed by atoms with van der Waals surface area (Å²) in [7, 11) is 0. The first kappa shape index (κ1) is 18.6. The molecule has 4 nitrogen and oxygen atoms in total. The summed E-state index contributed by atoms with van der Waals surface area (Å²) in [6.45, 7) is 3.83. The van der Waals surface area contributed by atoms with Crippen LogP contribution in [-0.2, 0) is 12.8 Å². The first-order chi connectivity index (χ1) is 11.2. The summed E-state index contributed by atoms with van der Waals surface area (Å²) in [5, 5.41) is 12.4. The average Bonchev–Trinajstić information content (AvgIpc) is 2.54. The van der Waals surface area contributed by atoms with Crippen molar-refractivity contribution >= 4 is 11.7 Å². The van der Waals surface area contributed by atoms with Crippen LogP contribution < -0.4 is 5.32 Å². The molecule has 0 aromatic heterocycles. The van der Waals surface area contributed by atoms with E-state index in [1.165, 1.54) is 10.5 Å². The molecule has 0 saturated carbocycles. The van der Waals surface area contributed by atoms with Gasteiger partial charge in [0.2, 0.25) is 0 Å². The Labute approximate surface area is 139 Å². The Morgan fingerprint density at radius 3 is 2.29 bits per heavy atom. The molecular formula is C17H23F3N2O2. The lowest BCUT2D eigenvalue weighted by Gasteiger charge is -2.39. The molecule has 1 heterocycles. The summed E-state index contributed by atoms with van der Waals surface area (Å²) in [5.41, 5.74) is 0.289. The van der Waals surface area contributed by atoms with Gasteiger partial charge < -0.3 is 15.3 Å². The number of hydrogen-bond donors (Lipinski definition) is 2. The number of benzene rings is 1. The molecule has 1 fully saturated rings. The number of piperidine rings is 1. The van der Waals surface area contributed by atoms with Crippen LogP contribution in [0.25, 0.3) is 0 Å². The van der Waals surface area contributed by atoms with Crippen molar-refractivity contribution in [3.05, 3.63) is 29.3 Å². The van der Waals surface area contributed by atoms with Gasteiger partial charge in [-0.25, -0.2) is 4.79 Å². The molecule has 1 aromatic carbocycles. The van der Waals surface area contributed by atoms with Crippen molar-refractivity contribution in [2.45, 2.75) is 51.3 Å². The van der Waals surface area contributed by atoms with Gasteiger partial charge in [0.1, 0.15) is 0 Å². The van der Waals surface area contributed by atoms with Crippen LogP contribution in [0.1, 0.15) is 37.8 Å². The summed E-state index contributed by atoms with van der Waals surface area (Å²) in [6.07, 6.45) is -3.92. The fourth-order valence-electron chi connectivity index (χ4n) is 2.94. The van der Waals surface area contributed by atoms with Crippen LogP contribution in [0.3, 0.4) is 0 Å². The molecule has 0 atom stereocenters. The predicted octanol–water partition coefficient (Wildman–Crippen LogP) is 3.73. The number of rotatable bonds is 3. The van der Waals surface area contributed by atoms with E-state index in [-0.39, 0.29) is 13.1 Å². The number of anilines is 1. The lowest BCUT2D eigenvalue weighted by Crippen LogP contribution is -2.55. The molecule has 2 rings (SSSR count). The number of likely N-dealkylation sites (tertiary alicyclic amines) is 1. The van der Waals surface area contributed by atoms with Crippen LogP contribution in [0.4, 0.5) is 23.7 Å². The molecule has 0 spiro atoms. The molecule has 0 aliphatic carbocycles. The Kier molecular flexibility index (Phi) is 5.42. The molecule has 2 N–H and O–H groups in total. The third-order valence-electron chi connectivity index (χ3n) is 4.62. The first-order valence-corrected chi connectivity index (χ1v) is 8.17. The van der Waals surface area contributed by atoms with E-state index in [2.05, 4.69) is 12.2 Å². The number of carbonyl (C=O) groups excluding carboxylic acids is 1. The minimum Gasteiger partial charge on any atom is -0.380 e. The number of aliphatic hydroxyl groups is 1. The molecule has 2 amide bonds. The number of alkyl halides is 3. The molecule has 1 aromatic rings. The number of urea groups is 1. The zero-order chi connectivity index (χ0) is 18.0. The Morgan fingerprint density at radius 2 is 1.79 bits per heavy atom. The van der Waals surface area contributed by atoms with Gasteiger partial charge in [0.15, 0.2) is 5.60 Å². The van der Waals surface area contributed by atoms with Crippen molar-refractivity contribution < 1.29 is 23.1 Å². The predicted molar refractivity (Wildman–Crippen MR) is 86.0 cm³/mol. The summed E-state index contributed by atoms with van der Waals surface area (Å²) < 4.78 is 38.4. The van der Waals surface area contributed by atoms with Crippen molar-refractivity contribution in [1.82, 2.24) is 4.90 Å². The average molecular weight is 344 g/mol. The molecule has 0 radical (unpaired) electrons. The first-order valence-electron chi connectivity index (χ1n) is 8.17. The van der Waals surface area contributed by atoms with Crippen LogP contribution in [0.2, 0.25) is 0 Å². The monoisotopic (exact) mass is 344 g/mol. The Morgan fingerprint density at radius 1 is 1.21 bits per heavy atom. The number of nitrogens with zero attached hydrogens (tertiary/aromatic N) is 1. The molecule has 24 heavy (non-hydrogen) atoms. The Bertz CT molecular complexity index is 594. The van der Waals surface area contributed by atoms with E-state index in [1.54, 1.807) is 6.07 Å². The lowest BCUT2D eigenvalue weighted by atomic mass is 9.91. The molecule has 1 aliphatic heterocycles. The molecule has 1 aliphatic rings. The van der Waals surface area contributed by atoms with Crippen molar-refractivity contribution in [1.29, 1.82) is 0 Å². The van der Waals surface area contributed by atoms with E-state index >= 15 is 0 Å². The molecule has 0 bridgehead atoms. The van der Waals surface area contributed by atoms with Gasteiger partial charge in [0.25, 0.3) is 0 Å². The van der Waals surface area contributed by atoms with Gasteiger partial charge >= 0.3 is 12.2 Å². The maximum Gasteiger partial charge on any atom is 0.417 e. The molecule has 0 unspecified atom stereocenters. The highest BCUT2D eigenvalue weighted by Crippen LogP contribution is 2.38. The summed E-state index contributed by atoms with van der Waals surface area (Å²) in [5.74, 6) is 0. The quantitative estimate of drug-likeness (QED) is 0.878. The summed E-state index contributed by atoms with van der Waals surface area (Å²) in [6, 6.07) is 5.21. The maximum absolute atomic E-state index is 12.8. The molecule has 134 valence electrons. The van der Waals surface area contributed by atoms with E-state index in [4.69, 9.17) is 0 Å². The van der Waals surface area contributed by atoms with Crippen molar-refractivity contribution in [2.75, 3.05) is 18.4 Å². The second kappa shape index (κ2) is 7.01. The Balaban J connectivity index is 1.99. The minimum atomic E-state index is -4.67. The largest absolute Gasteiger partial charge is 0.417 e. The van der Waals surface area contributed by atoms with Crippen LogP contribution in [-0.4, -0.2) is 40.9 Å². The van der Waals surface area contributed by atoms with E-state index < -0.39 is 30.7 Å². The van der Waals surface area contributed by atoms with E-state index in [0.717, 1.165) is 18.4 Å². The number of nitrogens with one attached hydrogen (secondary N) is 1. The fourth-order valence-corrected chi connectivity index (χ4v) is 2.94.